The predicted octanol–water partition coefficient (Wildman–Crippen LogP) is 1.05. The second kappa shape index (κ2) is 9.15. The van der Waals surface area contributed by atoms with Crippen molar-refractivity contribution >= 4 is 11.8 Å². The van der Waals surface area contributed by atoms with Gasteiger partial charge in [0.1, 0.15) is 0 Å². The minimum Gasteiger partial charge on any atom is -0.383 e. The van der Waals surface area contributed by atoms with Gasteiger partial charge >= 0.3 is 0 Å². The maximum absolute atomic E-state index is 6.03. The lowest BCUT2D eigenvalue weighted by Gasteiger charge is -2.38. The molecule has 0 aromatic rings. The van der Waals surface area contributed by atoms with E-state index in [4.69, 9.17) is 15.2 Å². The van der Waals surface area contributed by atoms with Gasteiger partial charge in [0, 0.05) is 39.4 Å². The Kier molecular flexibility index (Phi) is 8.26. The molecule has 0 saturated carbocycles. The summed E-state index contributed by atoms with van der Waals surface area (Å²) in [7, 11) is 3.51. The van der Waals surface area contributed by atoms with Crippen LogP contribution < -0.4 is 5.73 Å². The first-order valence-corrected chi connectivity index (χ1v) is 7.91. The van der Waals surface area contributed by atoms with E-state index in [-0.39, 0.29) is 0 Å². The van der Waals surface area contributed by atoms with E-state index in [1.165, 1.54) is 17.9 Å². The van der Waals surface area contributed by atoms with Crippen molar-refractivity contribution < 1.29 is 9.47 Å². The quantitative estimate of drug-likeness (QED) is 0.682. The Morgan fingerprint density at radius 3 is 2.67 bits per heavy atom. The van der Waals surface area contributed by atoms with Crippen LogP contribution in [-0.4, -0.2) is 69.0 Å². The van der Waals surface area contributed by atoms with E-state index < -0.39 is 0 Å². The fourth-order valence-corrected chi connectivity index (χ4v) is 4.03. The molecule has 0 bridgehead atoms. The maximum atomic E-state index is 6.03. The van der Waals surface area contributed by atoms with Gasteiger partial charge in [0.05, 0.1) is 13.2 Å². The molecule has 108 valence electrons. The average molecular weight is 276 g/mol. The van der Waals surface area contributed by atoms with E-state index in [1.807, 2.05) is 11.8 Å². The predicted molar refractivity (Wildman–Crippen MR) is 78.2 cm³/mol. The highest BCUT2D eigenvalue weighted by Crippen LogP contribution is 2.29. The summed E-state index contributed by atoms with van der Waals surface area (Å²) in [5.74, 6) is 3.24. The molecule has 0 aliphatic carbocycles. The molecule has 4 nitrogen and oxygen atoms in total. The third kappa shape index (κ3) is 4.70. The molecule has 5 heteroatoms. The van der Waals surface area contributed by atoms with Crippen LogP contribution in [0.2, 0.25) is 0 Å². The summed E-state index contributed by atoms with van der Waals surface area (Å²) in [5.41, 5.74) is 6.03. The molecule has 3 unspecified atom stereocenters. The van der Waals surface area contributed by atoms with Gasteiger partial charge in [0.2, 0.25) is 0 Å². The zero-order valence-electron chi connectivity index (χ0n) is 11.9. The molecule has 1 heterocycles. The number of ether oxygens (including phenoxy) is 2. The lowest BCUT2D eigenvalue weighted by Crippen LogP contribution is -2.52. The number of nitrogens with zero attached hydrogens (tertiary/aromatic N) is 1. The first-order chi connectivity index (χ1) is 8.74. The Morgan fingerprint density at radius 2 is 2.17 bits per heavy atom. The molecule has 0 aromatic heterocycles. The molecule has 3 atom stereocenters. The van der Waals surface area contributed by atoms with Crippen LogP contribution in [0.1, 0.15) is 13.3 Å². The second-order valence-corrected chi connectivity index (χ2v) is 6.11. The second-order valence-electron chi connectivity index (χ2n) is 4.96. The van der Waals surface area contributed by atoms with E-state index in [9.17, 15) is 0 Å². The summed E-state index contributed by atoms with van der Waals surface area (Å²) in [6.07, 6.45) is 1.29. The van der Waals surface area contributed by atoms with Crippen LogP contribution in [0.15, 0.2) is 0 Å². The first kappa shape index (κ1) is 16.2. The van der Waals surface area contributed by atoms with Gasteiger partial charge in [-0.1, -0.05) is 0 Å². The highest BCUT2D eigenvalue weighted by Gasteiger charge is 2.31. The number of methoxy groups -OCH3 is 2. The highest BCUT2D eigenvalue weighted by molar-refractivity contribution is 7.99. The number of rotatable bonds is 9. The van der Waals surface area contributed by atoms with Crippen molar-refractivity contribution in [3.8, 4) is 0 Å². The molecule has 1 rings (SSSR count). The van der Waals surface area contributed by atoms with Crippen LogP contribution in [0.5, 0.6) is 0 Å². The molecule has 0 amide bonds. The van der Waals surface area contributed by atoms with Crippen molar-refractivity contribution in [2.75, 3.05) is 52.0 Å². The van der Waals surface area contributed by atoms with Gasteiger partial charge in [-0.25, -0.2) is 0 Å². The smallest absolute Gasteiger partial charge is 0.0615 e. The average Bonchev–Trinajstić information content (AvgIpc) is 2.88. The van der Waals surface area contributed by atoms with Gasteiger partial charge in [-0.3, -0.25) is 4.90 Å². The van der Waals surface area contributed by atoms with Gasteiger partial charge in [-0.2, -0.15) is 11.8 Å². The van der Waals surface area contributed by atoms with Crippen LogP contribution in [0.3, 0.4) is 0 Å². The topological polar surface area (TPSA) is 47.7 Å². The highest BCUT2D eigenvalue weighted by atomic mass is 32.2. The van der Waals surface area contributed by atoms with Gasteiger partial charge < -0.3 is 15.2 Å². The van der Waals surface area contributed by atoms with Gasteiger partial charge in [0.25, 0.3) is 0 Å². The van der Waals surface area contributed by atoms with Crippen molar-refractivity contribution in [3.63, 3.8) is 0 Å². The van der Waals surface area contributed by atoms with Crippen molar-refractivity contribution in [3.05, 3.63) is 0 Å². The van der Waals surface area contributed by atoms with Crippen LogP contribution in [0, 0.1) is 5.92 Å². The Morgan fingerprint density at radius 1 is 1.39 bits per heavy atom. The fourth-order valence-electron chi connectivity index (χ4n) is 2.70. The molecule has 1 saturated heterocycles. The van der Waals surface area contributed by atoms with Crippen LogP contribution in [-0.2, 0) is 9.47 Å². The third-order valence-electron chi connectivity index (χ3n) is 3.70. The molecule has 0 aromatic carbocycles. The fraction of sp³-hybridized carbons (Fsp3) is 1.00. The molecule has 18 heavy (non-hydrogen) atoms. The van der Waals surface area contributed by atoms with E-state index in [0.29, 0.717) is 12.1 Å². The standard InChI is InChI=1S/C13H28N2O2S/c1-11(9-17-3)15(5-6-16-2)13(8-14)12-4-7-18-10-12/h11-13H,4-10,14H2,1-3H3. The molecular weight excluding hydrogens is 248 g/mol. The largest absolute Gasteiger partial charge is 0.383 e. The molecule has 2 N–H and O–H groups in total. The van der Waals surface area contributed by atoms with Crippen LogP contribution in [0.25, 0.3) is 0 Å². The Labute approximate surface area is 116 Å². The summed E-state index contributed by atoms with van der Waals surface area (Å²) in [6, 6.07) is 0.851. The van der Waals surface area contributed by atoms with Gasteiger partial charge in [-0.05, 0) is 30.8 Å². The normalized spacial score (nSPS) is 23.5. The minimum absolute atomic E-state index is 0.393. The summed E-state index contributed by atoms with van der Waals surface area (Å²) in [5, 5.41) is 0. The van der Waals surface area contributed by atoms with E-state index >= 15 is 0 Å². The van der Waals surface area contributed by atoms with Crippen LogP contribution >= 0.6 is 11.8 Å². The van der Waals surface area contributed by atoms with E-state index in [1.54, 1.807) is 14.2 Å². The maximum Gasteiger partial charge on any atom is 0.0615 e. The number of hydrogen-bond donors (Lipinski definition) is 1. The summed E-state index contributed by atoms with van der Waals surface area (Å²) >= 11 is 2.05. The number of nitrogens with two attached hydrogens (primary N) is 1. The van der Waals surface area contributed by atoms with Gasteiger partial charge in [-0.15, -0.1) is 0 Å². The molecular formula is C13H28N2O2S. The monoisotopic (exact) mass is 276 g/mol. The lowest BCUT2D eigenvalue weighted by molar-refractivity contribution is 0.0340. The zero-order chi connectivity index (χ0) is 13.4. The molecule has 1 aliphatic heterocycles. The Balaban J connectivity index is 2.63. The molecule has 1 fully saturated rings. The van der Waals surface area contributed by atoms with Crippen molar-refractivity contribution in [2.45, 2.75) is 25.4 Å². The van der Waals surface area contributed by atoms with E-state index in [2.05, 4.69) is 11.8 Å². The SMILES string of the molecule is COCCN(C(C)COC)C(CN)C1CCSC1. The van der Waals surface area contributed by atoms with E-state index in [0.717, 1.165) is 32.2 Å². The number of hydrogen-bond acceptors (Lipinski definition) is 5. The van der Waals surface area contributed by atoms with Crippen LogP contribution in [0.4, 0.5) is 0 Å². The summed E-state index contributed by atoms with van der Waals surface area (Å²) in [6.45, 7) is 5.38. The number of thioether (sulfide) groups is 1. The lowest BCUT2D eigenvalue weighted by atomic mass is 9.96. The Bertz CT molecular complexity index is 213. The van der Waals surface area contributed by atoms with Crippen molar-refractivity contribution in [2.24, 2.45) is 11.7 Å². The summed E-state index contributed by atoms with van der Waals surface area (Å²) < 4.78 is 10.5. The molecule has 1 aliphatic rings. The first-order valence-electron chi connectivity index (χ1n) is 6.76. The molecule has 0 radical (unpaired) electrons. The van der Waals surface area contributed by atoms with Crippen molar-refractivity contribution in [1.82, 2.24) is 4.90 Å². The zero-order valence-corrected chi connectivity index (χ0v) is 12.7. The van der Waals surface area contributed by atoms with Crippen molar-refractivity contribution in [1.29, 1.82) is 0 Å². The van der Waals surface area contributed by atoms with Gasteiger partial charge in [0.15, 0.2) is 0 Å². The minimum atomic E-state index is 0.393. The summed E-state index contributed by atoms with van der Waals surface area (Å²) in [4.78, 5) is 2.48. The third-order valence-corrected chi connectivity index (χ3v) is 4.89. The Hall–Kier alpha value is 0.190. The molecule has 0 spiro atoms.